The lowest BCUT2D eigenvalue weighted by atomic mass is 10.2. The van der Waals surface area contributed by atoms with Crippen molar-refractivity contribution in [3.05, 3.63) is 88.7 Å². The van der Waals surface area contributed by atoms with Gasteiger partial charge in [0.1, 0.15) is 23.1 Å². The molecule has 142 valence electrons. The molecule has 8 heteroatoms. The number of halogens is 2. The molecule has 5 nitrogen and oxygen atoms in total. The van der Waals surface area contributed by atoms with Crippen LogP contribution in [-0.4, -0.2) is 14.3 Å². The van der Waals surface area contributed by atoms with Gasteiger partial charge in [-0.05, 0) is 48.5 Å². The first-order valence-corrected chi connectivity index (χ1v) is 10.1. The second kappa shape index (κ2) is 7.26. The van der Waals surface area contributed by atoms with Gasteiger partial charge in [-0.2, -0.15) is 8.42 Å². The van der Waals surface area contributed by atoms with E-state index < -0.39 is 15.8 Å². The quantitative estimate of drug-likeness (QED) is 0.673. The van der Waals surface area contributed by atoms with Gasteiger partial charge in [-0.3, -0.25) is 0 Å². The van der Waals surface area contributed by atoms with Gasteiger partial charge in [-0.15, -0.1) is 4.40 Å². The Hall–Kier alpha value is -2.90. The number of ether oxygens (including phenoxy) is 1. The molecule has 0 spiro atoms. The van der Waals surface area contributed by atoms with Crippen LogP contribution in [-0.2, 0) is 16.6 Å². The van der Waals surface area contributed by atoms with E-state index in [1.165, 1.54) is 18.2 Å². The van der Waals surface area contributed by atoms with Gasteiger partial charge in [-0.25, -0.2) is 4.39 Å². The van der Waals surface area contributed by atoms with Crippen molar-refractivity contribution in [2.75, 3.05) is 5.32 Å². The van der Waals surface area contributed by atoms with Gasteiger partial charge in [0.2, 0.25) is 0 Å². The molecule has 1 heterocycles. The summed E-state index contributed by atoms with van der Waals surface area (Å²) in [5.41, 5.74) is 1.32. The molecule has 1 N–H and O–H groups in total. The second-order valence-electron chi connectivity index (χ2n) is 6.05. The highest BCUT2D eigenvalue weighted by atomic mass is 35.5. The predicted molar refractivity (Wildman–Crippen MR) is 106 cm³/mol. The summed E-state index contributed by atoms with van der Waals surface area (Å²) in [5.74, 6) is 0.277. The average Bonchev–Trinajstić information content (AvgIpc) is 2.67. The van der Waals surface area contributed by atoms with E-state index in [1.54, 1.807) is 48.5 Å². The molecule has 3 aromatic carbocycles. The molecule has 0 saturated carbocycles. The summed E-state index contributed by atoms with van der Waals surface area (Å²) in [4.78, 5) is 0.139. The van der Waals surface area contributed by atoms with Crippen molar-refractivity contribution in [1.82, 2.24) is 0 Å². The van der Waals surface area contributed by atoms with Crippen molar-refractivity contribution in [2.45, 2.75) is 11.5 Å². The van der Waals surface area contributed by atoms with E-state index in [1.807, 2.05) is 0 Å². The topological polar surface area (TPSA) is 67.8 Å². The van der Waals surface area contributed by atoms with Crippen LogP contribution in [0.5, 0.6) is 5.75 Å². The molecular formula is C20H14ClFN2O3S. The van der Waals surface area contributed by atoms with Crippen LogP contribution in [0.3, 0.4) is 0 Å². The summed E-state index contributed by atoms with van der Waals surface area (Å²) in [6, 6.07) is 17.7. The number of amidine groups is 1. The number of hydrogen-bond donors (Lipinski definition) is 1. The maximum Gasteiger partial charge on any atom is 0.286 e. The third kappa shape index (κ3) is 3.58. The van der Waals surface area contributed by atoms with E-state index in [-0.39, 0.29) is 22.9 Å². The number of benzene rings is 3. The van der Waals surface area contributed by atoms with Gasteiger partial charge in [0.25, 0.3) is 10.0 Å². The first-order chi connectivity index (χ1) is 13.4. The lowest BCUT2D eigenvalue weighted by Crippen LogP contribution is -2.22. The SMILES string of the molecule is O=S1(=O)N=C(c2ccc(OCc3c(F)cccc3Cl)cc2)Nc2ccccc21. The first-order valence-electron chi connectivity index (χ1n) is 8.31. The normalized spacial score (nSPS) is 14.6. The molecule has 0 fully saturated rings. The highest BCUT2D eigenvalue weighted by molar-refractivity contribution is 7.90. The summed E-state index contributed by atoms with van der Waals surface area (Å²) in [6.07, 6.45) is 0. The lowest BCUT2D eigenvalue weighted by molar-refractivity contribution is 0.300. The van der Waals surface area contributed by atoms with Crippen molar-refractivity contribution in [1.29, 1.82) is 0 Å². The van der Waals surface area contributed by atoms with E-state index in [2.05, 4.69) is 9.71 Å². The lowest BCUT2D eigenvalue weighted by Gasteiger charge is -2.18. The number of nitrogens with zero attached hydrogens (tertiary/aromatic N) is 1. The molecule has 0 aliphatic carbocycles. The number of anilines is 1. The fourth-order valence-electron chi connectivity index (χ4n) is 2.77. The molecule has 0 bridgehead atoms. The van der Waals surface area contributed by atoms with Crippen molar-refractivity contribution >= 4 is 33.1 Å². The van der Waals surface area contributed by atoms with Crippen LogP contribution in [0.2, 0.25) is 5.02 Å². The van der Waals surface area contributed by atoms with Crippen LogP contribution < -0.4 is 10.1 Å². The zero-order valence-corrected chi connectivity index (χ0v) is 16.0. The summed E-state index contributed by atoms with van der Waals surface area (Å²) in [5, 5.41) is 3.32. The van der Waals surface area contributed by atoms with Crippen LogP contribution in [0.15, 0.2) is 76.0 Å². The van der Waals surface area contributed by atoms with Crippen LogP contribution in [0.4, 0.5) is 10.1 Å². The summed E-state index contributed by atoms with van der Waals surface area (Å²) in [7, 11) is -3.77. The Morgan fingerprint density at radius 2 is 1.75 bits per heavy atom. The number of nitrogens with one attached hydrogen (secondary N) is 1. The first kappa shape index (κ1) is 18.5. The van der Waals surface area contributed by atoms with Crippen molar-refractivity contribution in [3.63, 3.8) is 0 Å². The van der Waals surface area contributed by atoms with Crippen molar-refractivity contribution in [3.8, 4) is 5.75 Å². The third-order valence-corrected chi connectivity index (χ3v) is 5.89. The van der Waals surface area contributed by atoms with Crippen LogP contribution in [0.25, 0.3) is 0 Å². The zero-order valence-electron chi connectivity index (χ0n) is 14.4. The summed E-state index contributed by atoms with van der Waals surface area (Å²) in [6.45, 7) is -0.0220. The second-order valence-corrected chi connectivity index (χ2v) is 8.03. The minimum Gasteiger partial charge on any atom is -0.489 e. The van der Waals surface area contributed by atoms with Crippen LogP contribution >= 0.6 is 11.6 Å². The Balaban J connectivity index is 1.54. The Bertz CT molecular complexity index is 1160. The number of fused-ring (bicyclic) bond motifs is 1. The third-order valence-electron chi connectivity index (χ3n) is 4.20. The molecule has 0 atom stereocenters. The Morgan fingerprint density at radius 1 is 1.00 bits per heavy atom. The van der Waals surface area contributed by atoms with Gasteiger partial charge in [0, 0.05) is 11.1 Å². The monoisotopic (exact) mass is 416 g/mol. The zero-order chi connectivity index (χ0) is 19.7. The summed E-state index contributed by atoms with van der Waals surface area (Å²) < 4.78 is 47.9. The molecule has 1 aliphatic rings. The fraction of sp³-hybridized carbons (Fsp3) is 0.0500. The van der Waals surface area contributed by atoms with Crippen LogP contribution in [0.1, 0.15) is 11.1 Å². The predicted octanol–water partition coefficient (Wildman–Crippen LogP) is 4.62. The summed E-state index contributed by atoms with van der Waals surface area (Å²) >= 11 is 5.99. The highest BCUT2D eigenvalue weighted by Crippen LogP contribution is 2.28. The fourth-order valence-corrected chi connectivity index (χ4v) is 4.13. The van der Waals surface area contributed by atoms with E-state index >= 15 is 0 Å². The number of para-hydroxylation sites is 1. The molecule has 3 aromatic rings. The standard InChI is InChI=1S/C20H14ClFN2O3S/c21-16-4-3-5-17(22)15(16)12-27-14-10-8-13(9-11-14)20-23-18-6-1-2-7-19(18)28(25,26)24-20/h1-11H,12H2,(H,23,24). The van der Waals surface area contributed by atoms with Gasteiger partial charge < -0.3 is 10.1 Å². The van der Waals surface area contributed by atoms with E-state index in [0.717, 1.165) is 0 Å². The molecule has 28 heavy (non-hydrogen) atoms. The molecule has 4 rings (SSSR count). The Labute approximate surface area is 166 Å². The molecule has 0 saturated heterocycles. The Morgan fingerprint density at radius 3 is 2.50 bits per heavy atom. The molecule has 0 radical (unpaired) electrons. The van der Waals surface area contributed by atoms with Crippen molar-refractivity contribution < 1.29 is 17.5 Å². The van der Waals surface area contributed by atoms with Gasteiger partial charge >= 0.3 is 0 Å². The number of hydrogen-bond acceptors (Lipinski definition) is 4. The minimum atomic E-state index is -3.77. The Kier molecular flexibility index (Phi) is 4.78. The van der Waals surface area contributed by atoms with Gasteiger partial charge in [-0.1, -0.05) is 29.8 Å². The maximum atomic E-state index is 13.8. The van der Waals surface area contributed by atoms with E-state index in [9.17, 15) is 12.8 Å². The van der Waals surface area contributed by atoms with Gasteiger partial charge in [0.05, 0.1) is 10.7 Å². The average molecular weight is 417 g/mol. The van der Waals surface area contributed by atoms with E-state index in [4.69, 9.17) is 16.3 Å². The number of rotatable bonds is 4. The van der Waals surface area contributed by atoms with Gasteiger partial charge in [0.15, 0.2) is 5.84 Å². The molecular weight excluding hydrogens is 403 g/mol. The van der Waals surface area contributed by atoms with Crippen molar-refractivity contribution in [2.24, 2.45) is 4.40 Å². The maximum absolute atomic E-state index is 13.8. The number of sulfonamides is 1. The molecule has 0 unspecified atom stereocenters. The molecule has 0 aromatic heterocycles. The highest BCUT2D eigenvalue weighted by Gasteiger charge is 2.24. The minimum absolute atomic E-state index is 0.0220. The van der Waals surface area contributed by atoms with E-state index in [0.29, 0.717) is 22.0 Å². The molecule has 0 amide bonds. The smallest absolute Gasteiger partial charge is 0.286 e. The largest absolute Gasteiger partial charge is 0.489 e. The van der Waals surface area contributed by atoms with Crippen LogP contribution in [0, 0.1) is 5.82 Å². The molecule has 1 aliphatic heterocycles.